The lowest BCUT2D eigenvalue weighted by atomic mass is 9.81. The van der Waals surface area contributed by atoms with Crippen molar-refractivity contribution < 1.29 is 42.8 Å². The minimum atomic E-state index is -2.38. The normalized spacial score (nSPS) is 33.6. The van der Waals surface area contributed by atoms with Gasteiger partial charge >= 0.3 is 5.97 Å². The maximum absolute atomic E-state index is 12.3. The van der Waals surface area contributed by atoms with Crippen LogP contribution in [0, 0.1) is 5.92 Å². The molecule has 11 heteroatoms. The van der Waals surface area contributed by atoms with Gasteiger partial charge < -0.3 is 39.0 Å². The average Bonchev–Trinajstić information content (AvgIpc) is 3.02. The van der Waals surface area contributed by atoms with Crippen molar-refractivity contribution in [2.45, 2.75) is 102 Å². The monoisotopic (exact) mass is 491 g/mol. The van der Waals surface area contributed by atoms with Crippen LogP contribution >= 0.6 is 0 Å². The molecule has 0 aromatic heterocycles. The van der Waals surface area contributed by atoms with E-state index in [1.807, 2.05) is 0 Å². The Morgan fingerprint density at radius 1 is 1.21 bits per heavy atom. The van der Waals surface area contributed by atoms with Crippen LogP contribution in [-0.2, 0) is 37.7 Å². The predicted molar refractivity (Wildman–Crippen MR) is 122 cm³/mol. The molecule has 0 aromatic rings. The number of nitrogens with two attached hydrogens (primary N) is 1. The van der Waals surface area contributed by atoms with E-state index in [9.17, 15) is 14.7 Å². The molecule has 1 amide bonds. The first-order chi connectivity index (χ1) is 15.0. The number of carboxylic acid groups (broad SMARTS) is 1. The Balaban J connectivity index is 2.54. The molecule has 6 atom stereocenters. The van der Waals surface area contributed by atoms with E-state index in [0.29, 0.717) is 0 Å². The van der Waals surface area contributed by atoms with E-state index in [-0.39, 0.29) is 24.5 Å². The van der Waals surface area contributed by atoms with Crippen molar-refractivity contribution in [1.82, 2.24) is 0 Å². The zero-order valence-corrected chi connectivity index (χ0v) is 22.3. The largest absolute Gasteiger partial charge is 0.477 e. The van der Waals surface area contributed by atoms with Gasteiger partial charge in [-0.3, -0.25) is 4.79 Å². The van der Waals surface area contributed by atoms with Gasteiger partial charge in [0.15, 0.2) is 14.1 Å². The van der Waals surface area contributed by atoms with Crippen LogP contribution in [0.5, 0.6) is 0 Å². The summed E-state index contributed by atoms with van der Waals surface area (Å²) in [5.41, 5.74) is 5.61. The number of ether oxygens (including phenoxy) is 5. The van der Waals surface area contributed by atoms with Gasteiger partial charge in [0.05, 0.1) is 18.8 Å². The van der Waals surface area contributed by atoms with Crippen LogP contribution in [0.15, 0.2) is 0 Å². The molecule has 0 aliphatic carbocycles. The number of carbonyl (C=O) groups excluding carboxylic acids is 1. The van der Waals surface area contributed by atoms with Crippen LogP contribution in [-0.4, -0.2) is 82.1 Å². The fourth-order valence-corrected chi connectivity index (χ4v) is 5.56. The Bertz CT molecular complexity index is 723. The number of aliphatic carboxylic acids is 1. The van der Waals surface area contributed by atoms with Crippen LogP contribution in [0.1, 0.15) is 47.5 Å². The van der Waals surface area contributed by atoms with Crippen LogP contribution in [0.4, 0.5) is 0 Å². The van der Waals surface area contributed by atoms with Gasteiger partial charge in [-0.1, -0.05) is 20.8 Å². The molecular formula is C22H41NO9Si. The molecule has 2 aliphatic heterocycles. The average molecular weight is 492 g/mol. The first-order valence-corrected chi connectivity index (χ1v) is 14.2. The summed E-state index contributed by atoms with van der Waals surface area (Å²) in [6.45, 7) is 14.2. The molecular weight excluding hydrogens is 450 g/mol. The SMILES string of the molecule is COC([C@H]1COC(C)(C)O1)[C@@H]1OC(OC)(C(=O)O)C[C@H](O[Si](C)(C)C(C)(C)C)[C@@H]1CC(N)=O. The Labute approximate surface area is 197 Å². The van der Waals surface area contributed by atoms with Gasteiger partial charge in [0, 0.05) is 33.0 Å². The molecule has 192 valence electrons. The zero-order valence-electron chi connectivity index (χ0n) is 21.3. The molecule has 3 N–H and O–H groups in total. The fourth-order valence-electron chi connectivity index (χ4n) is 4.19. The summed E-state index contributed by atoms with van der Waals surface area (Å²) in [6.07, 6.45) is -3.05. The van der Waals surface area contributed by atoms with Gasteiger partial charge in [-0.05, 0) is 32.0 Å². The van der Waals surface area contributed by atoms with E-state index in [1.54, 1.807) is 13.8 Å². The lowest BCUT2D eigenvalue weighted by molar-refractivity contribution is -0.313. The molecule has 0 saturated carbocycles. The molecule has 0 spiro atoms. The number of carboxylic acids is 1. The van der Waals surface area contributed by atoms with Gasteiger partial charge in [-0.2, -0.15) is 0 Å². The van der Waals surface area contributed by atoms with Crippen molar-refractivity contribution in [3.8, 4) is 0 Å². The highest BCUT2D eigenvalue weighted by Gasteiger charge is 2.58. The highest BCUT2D eigenvalue weighted by Crippen LogP contribution is 2.45. The maximum atomic E-state index is 12.3. The van der Waals surface area contributed by atoms with Gasteiger partial charge in [0.25, 0.3) is 5.79 Å². The topological polar surface area (TPSA) is 136 Å². The Morgan fingerprint density at radius 2 is 1.82 bits per heavy atom. The lowest BCUT2D eigenvalue weighted by Crippen LogP contribution is -2.64. The van der Waals surface area contributed by atoms with Crippen LogP contribution in [0.3, 0.4) is 0 Å². The van der Waals surface area contributed by atoms with Crippen molar-refractivity contribution in [2.75, 3.05) is 20.8 Å². The van der Waals surface area contributed by atoms with E-state index >= 15 is 0 Å². The molecule has 0 radical (unpaired) electrons. The first-order valence-electron chi connectivity index (χ1n) is 11.3. The molecule has 0 bridgehead atoms. The number of amides is 1. The second-order valence-corrected chi connectivity index (χ2v) is 15.6. The van der Waals surface area contributed by atoms with E-state index < -0.39 is 62.1 Å². The Morgan fingerprint density at radius 3 is 2.21 bits per heavy atom. The summed E-state index contributed by atoms with van der Waals surface area (Å²) in [5, 5.41) is 9.92. The van der Waals surface area contributed by atoms with Gasteiger partial charge in [-0.15, -0.1) is 0 Å². The Kier molecular flexibility index (Phi) is 8.43. The molecule has 2 rings (SSSR count). The summed E-state index contributed by atoms with van der Waals surface area (Å²) in [7, 11) is 0.387. The number of methoxy groups -OCH3 is 2. The van der Waals surface area contributed by atoms with Crippen LogP contribution in [0.25, 0.3) is 0 Å². The standard InChI is InChI=1S/C22H41NO9Si/c1-20(2,3)33(8,9)32-14-11-22(28-7,19(25)26)31-17(13(14)10-16(23)24)18(27-6)15-12-29-21(4,5)30-15/h13-15,17-18H,10-12H2,1-9H3,(H2,23,24)(H,25,26)/t13-,14-,15+,17+,18?,22?/m0/s1. The van der Waals surface area contributed by atoms with Crippen molar-refractivity contribution in [3.63, 3.8) is 0 Å². The number of hydrogen-bond donors (Lipinski definition) is 2. The van der Waals surface area contributed by atoms with Crippen molar-refractivity contribution in [3.05, 3.63) is 0 Å². The highest BCUT2D eigenvalue weighted by molar-refractivity contribution is 6.74. The van der Waals surface area contributed by atoms with Crippen LogP contribution < -0.4 is 5.73 Å². The quantitative estimate of drug-likeness (QED) is 0.465. The van der Waals surface area contributed by atoms with E-state index in [2.05, 4.69) is 33.9 Å². The minimum Gasteiger partial charge on any atom is -0.477 e. The minimum absolute atomic E-state index is 0.0692. The van der Waals surface area contributed by atoms with Crippen molar-refractivity contribution >= 4 is 20.2 Å². The lowest BCUT2D eigenvalue weighted by Gasteiger charge is -2.51. The number of primary amides is 1. The molecule has 2 unspecified atom stereocenters. The third kappa shape index (κ3) is 6.13. The number of rotatable bonds is 9. The van der Waals surface area contributed by atoms with Gasteiger partial charge in [0.2, 0.25) is 5.91 Å². The third-order valence-corrected chi connectivity index (χ3v) is 11.5. The number of carbonyl (C=O) groups is 2. The number of hydrogen-bond acceptors (Lipinski definition) is 8. The second-order valence-electron chi connectivity index (χ2n) is 10.9. The highest BCUT2D eigenvalue weighted by atomic mass is 28.4. The molecule has 2 aliphatic rings. The van der Waals surface area contributed by atoms with Gasteiger partial charge in [-0.25, -0.2) is 4.79 Å². The summed E-state index contributed by atoms with van der Waals surface area (Å²) in [6, 6.07) is 0. The van der Waals surface area contributed by atoms with Crippen LogP contribution in [0.2, 0.25) is 18.1 Å². The summed E-state index contributed by atoms with van der Waals surface area (Å²) >= 11 is 0. The summed E-state index contributed by atoms with van der Waals surface area (Å²) in [4.78, 5) is 24.4. The van der Waals surface area contributed by atoms with E-state index in [4.69, 9.17) is 33.8 Å². The fraction of sp³-hybridized carbons (Fsp3) is 0.909. The maximum Gasteiger partial charge on any atom is 0.364 e. The van der Waals surface area contributed by atoms with E-state index in [1.165, 1.54) is 14.2 Å². The smallest absolute Gasteiger partial charge is 0.364 e. The molecule has 0 aromatic carbocycles. The molecule has 10 nitrogen and oxygen atoms in total. The summed E-state index contributed by atoms with van der Waals surface area (Å²) in [5.74, 6) is -5.21. The first kappa shape index (κ1) is 28.2. The zero-order chi connectivity index (χ0) is 25.4. The summed E-state index contributed by atoms with van der Waals surface area (Å²) < 4.78 is 35.7. The van der Waals surface area contributed by atoms with Crippen molar-refractivity contribution in [2.24, 2.45) is 11.7 Å². The van der Waals surface area contributed by atoms with Gasteiger partial charge in [0.1, 0.15) is 12.2 Å². The third-order valence-electron chi connectivity index (χ3n) is 7.03. The molecule has 33 heavy (non-hydrogen) atoms. The predicted octanol–water partition coefficient (Wildman–Crippen LogP) is 2.25. The molecule has 2 fully saturated rings. The second kappa shape index (κ2) is 9.88. The Hall–Kier alpha value is -1.08. The van der Waals surface area contributed by atoms with E-state index in [0.717, 1.165) is 0 Å². The molecule has 2 heterocycles. The molecule has 2 saturated heterocycles. The van der Waals surface area contributed by atoms with Crippen molar-refractivity contribution in [1.29, 1.82) is 0 Å².